The predicted molar refractivity (Wildman–Crippen MR) is 92.9 cm³/mol. The van der Waals surface area contributed by atoms with Crippen molar-refractivity contribution in [1.82, 2.24) is 15.1 Å². The zero-order chi connectivity index (χ0) is 18.4. The summed E-state index contributed by atoms with van der Waals surface area (Å²) in [5.41, 5.74) is -0.390. The first-order chi connectivity index (χ1) is 11.8. The molecule has 138 valence electrons. The highest BCUT2D eigenvalue weighted by molar-refractivity contribution is 5.91. The van der Waals surface area contributed by atoms with E-state index in [9.17, 15) is 14.4 Å². The van der Waals surface area contributed by atoms with Gasteiger partial charge in [0.2, 0.25) is 11.8 Å². The highest BCUT2D eigenvalue weighted by Crippen LogP contribution is 2.18. The summed E-state index contributed by atoms with van der Waals surface area (Å²) in [6, 6.07) is 3.25. The van der Waals surface area contributed by atoms with Gasteiger partial charge in [0.15, 0.2) is 5.76 Å². The Labute approximate surface area is 148 Å². The van der Waals surface area contributed by atoms with Crippen molar-refractivity contribution in [2.24, 2.45) is 5.41 Å². The van der Waals surface area contributed by atoms with Crippen LogP contribution in [0.25, 0.3) is 0 Å². The van der Waals surface area contributed by atoms with Gasteiger partial charge in [-0.05, 0) is 18.6 Å². The molecule has 1 saturated heterocycles. The van der Waals surface area contributed by atoms with Crippen LogP contribution in [0, 0.1) is 5.41 Å². The summed E-state index contributed by atoms with van der Waals surface area (Å²) in [7, 11) is 0. The number of carbonyl (C=O) groups excluding carboxylic acids is 3. The van der Waals surface area contributed by atoms with Crippen molar-refractivity contribution >= 4 is 17.7 Å². The maximum atomic E-state index is 12.2. The molecule has 1 N–H and O–H groups in total. The van der Waals surface area contributed by atoms with Gasteiger partial charge in [-0.2, -0.15) is 0 Å². The van der Waals surface area contributed by atoms with Crippen LogP contribution >= 0.6 is 0 Å². The van der Waals surface area contributed by atoms with E-state index in [1.165, 1.54) is 6.26 Å². The Morgan fingerprint density at radius 2 is 1.76 bits per heavy atom. The van der Waals surface area contributed by atoms with Gasteiger partial charge in [0.1, 0.15) is 0 Å². The fourth-order valence-electron chi connectivity index (χ4n) is 2.73. The van der Waals surface area contributed by atoms with Crippen LogP contribution < -0.4 is 5.32 Å². The van der Waals surface area contributed by atoms with Crippen LogP contribution in [-0.2, 0) is 9.59 Å². The standard InChI is InChI=1S/C18H27N3O4/c1-18(2,3)17(24)21-11-9-20(10-12-21)15(22)7-4-8-19-16(23)14-6-5-13-25-14/h5-6,13H,4,7-12H2,1-3H3,(H,19,23). The molecule has 2 heterocycles. The Bertz CT molecular complexity index is 596. The zero-order valence-electron chi connectivity index (χ0n) is 15.2. The summed E-state index contributed by atoms with van der Waals surface area (Å²) in [5, 5.41) is 2.73. The Morgan fingerprint density at radius 1 is 1.12 bits per heavy atom. The smallest absolute Gasteiger partial charge is 0.286 e. The third kappa shape index (κ3) is 5.34. The van der Waals surface area contributed by atoms with E-state index in [1.54, 1.807) is 17.0 Å². The minimum Gasteiger partial charge on any atom is -0.459 e. The molecule has 1 aliphatic heterocycles. The van der Waals surface area contributed by atoms with Crippen LogP contribution in [0.2, 0.25) is 0 Å². The predicted octanol–water partition coefficient (Wildman–Crippen LogP) is 1.51. The molecule has 7 nitrogen and oxygen atoms in total. The molecule has 0 aromatic carbocycles. The molecule has 2 rings (SSSR count). The third-order valence-corrected chi connectivity index (χ3v) is 4.16. The van der Waals surface area contributed by atoms with Crippen molar-refractivity contribution in [2.45, 2.75) is 33.6 Å². The second-order valence-corrected chi connectivity index (χ2v) is 7.26. The molecule has 1 aliphatic rings. The Hall–Kier alpha value is -2.31. The Morgan fingerprint density at radius 3 is 2.32 bits per heavy atom. The van der Waals surface area contributed by atoms with E-state index in [0.29, 0.717) is 45.6 Å². The summed E-state index contributed by atoms with van der Waals surface area (Å²) in [6.45, 7) is 8.44. The average molecular weight is 349 g/mol. The number of nitrogens with one attached hydrogen (secondary N) is 1. The second-order valence-electron chi connectivity index (χ2n) is 7.26. The molecule has 7 heteroatoms. The third-order valence-electron chi connectivity index (χ3n) is 4.16. The van der Waals surface area contributed by atoms with Gasteiger partial charge in [-0.1, -0.05) is 20.8 Å². The van der Waals surface area contributed by atoms with Gasteiger partial charge in [-0.3, -0.25) is 14.4 Å². The van der Waals surface area contributed by atoms with Crippen LogP contribution in [0.5, 0.6) is 0 Å². The van der Waals surface area contributed by atoms with Gasteiger partial charge in [-0.15, -0.1) is 0 Å². The number of nitrogens with zero attached hydrogens (tertiary/aromatic N) is 2. The molecule has 0 unspecified atom stereocenters. The molecule has 1 aromatic rings. The monoisotopic (exact) mass is 349 g/mol. The van der Waals surface area contributed by atoms with Crippen molar-refractivity contribution in [1.29, 1.82) is 0 Å². The number of piperazine rings is 1. The van der Waals surface area contributed by atoms with E-state index in [2.05, 4.69) is 5.32 Å². The fraction of sp³-hybridized carbons (Fsp3) is 0.611. The molecular weight excluding hydrogens is 322 g/mol. The normalized spacial score (nSPS) is 15.2. The minimum atomic E-state index is -0.390. The largest absolute Gasteiger partial charge is 0.459 e. The van der Waals surface area contributed by atoms with Crippen molar-refractivity contribution < 1.29 is 18.8 Å². The van der Waals surface area contributed by atoms with E-state index >= 15 is 0 Å². The number of rotatable bonds is 5. The lowest BCUT2D eigenvalue weighted by atomic mass is 9.94. The average Bonchev–Trinajstić information content (AvgIpc) is 3.11. The van der Waals surface area contributed by atoms with Crippen LogP contribution in [0.1, 0.15) is 44.2 Å². The van der Waals surface area contributed by atoms with Crippen molar-refractivity contribution in [3.63, 3.8) is 0 Å². The van der Waals surface area contributed by atoms with Crippen LogP contribution in [0.4, 0.5) is 0 Å². The Kier molecular flexibility index (Phi) is 6.22. The lowest BCUT2D eigenvalue weighted by Gasteiger charge is -2.37. The highest BCUT2D eigenvalue weighted by atomic mass is 16.3. The number of carbonyl (C=O) groups is 3. The first-order valence-electron chi connectivity index (χ1n) is 8.68. The van der Waals surface area contributed by atoms with E-state index in [0.717, 1.165) is 0 Å². The van der Waals surface area contributed by atoms with Crippen LogP contribution in [0.3, 0.4) is 0 Å². The molecule has 0 spiro atoms. The van der Waals surface area contributed by atoms with Crippen molar-refractivity contribution in [3.8, 4) is 0 Å². The van der Waals surface area contributed by atoms with Gasteiger partial charge < -0.3 is 19.5 Å². The van der Waals surface area contributed by atoms with Gasteiger partial charge in [0.05, 0.1) is 6.26 Å². The second kappa shape index (κ2) is 8.18. The van der Waals surface area contributed by atoms with Gasteiger partial charge in [-0.25, -0.2) is 0 Å². The Balaban J connectivity index is 1.65. The van der Waals surface area contributed by atoms with E-state index < -0.39 is 5.41 Å². The number of hydrogen-bond acceptors (Lipinski definition) is 4. The first-order valence-corrected chi connectivity index (χ1v) is 8.68. The summed E-state index contributed by atoms with van der Waals surface area (Å²) >= 11 is 0. The lowest BCUT2D eigenvalue weighted by Crippen LogP contribution is -2.53. The van der Waals surface area contributed by atoms with Crippen molar-refractivity contribution in [2.75, 3.05) is 32.7 Å². The molecule has 3 amide bonds. The summed E-state index contributed by atoms with van der Waals surface area (Å²) in [6.07, 6.45) is 2.40. The lowest BCUT2D eigenvalue weighted by molar-refractivity contribution is -0.144. The van der Waals surface area contributed by atoms with E-state index in [1.807, 2.05) is 25.7 Å². The van der Waals surface area contributed by atoms with Gasteiger partial charge >= 0.3 is 0 Å². The molecule has 0 saturated carbocycles. The number of amides is 3. The molecule has 0 radical (unpaired) electrons. The van der Waals surface area contributed by atoms with Crippen LogP contribution in [0.15, 0.2) is 22.8 Å². The van der Waals surface area contributed by atoms with Crippen LogP contribution in [-0.4, -0.2) is 60.2 Å². The molecule has 25 heavy (non-hydrogen) atoms. The maximum Gasteiger partial charge on any atom is 0.286 e. The molecule has 0 aliphatic carbocycles. The summed E-state index contributed by atoms with van der Waals surface area (Å²) in [5.74, 6) is 0.188. The maximum absolute atomic E-state index is 12.2. The quantitative estimate of drug-likeness (QED) is 0.817. The zero-order valence-corrected chi connectivity index (χ0v) is 15.2. The topological polar surface area (TPSA) is 82.9 Å². The molecule has 0 atom stereocenters. The molecule has 1 fully saturated rings. The summed E-state index contributed by atoms with van der Waals surface area (Å²) < 4.78 is 5.00. The van der Waals surface area contributed by atoms with Gasteiger partial charge in [0, 0.05) is 44.6 Å². The first kappa shape index (κ1) is 19.0. The molecule has 1 aromatic heterocycles. The fourth-order valence-corrected chi connectivity index (χ4v) is 2.73. The highest BCUT2D eigenvalue weighted by Gasteiger charge is 2.30. The number of hydrogen-bond donors (Lipinski definition) is 1. The minimum absolute atomic E-state index is 0.0649. The summed E-state index contributed by atoms with van der Waals surface area (Å²) in [4.78, 5) is 39.8. The SMILES string of the molecule is CC(C)(C)C(=O)N1CCN(C(=O)CCCNC(=O)c2ccco2)CC1. The molecular formula is C18H27N3O4. The number of furan rings is 1. The molecule has 0 bridgehead atoms. The van der Waals surface area contributed by atoms with E-state index in [-0.39, 0.29) is 23.5 Å². The van der Waals surface area contributed by atoms with Crippen molar-refractivity contribution in [3.05, 3.63) is 24.2 Å². The van der Waals surface area contributed by atoms with Gasteiger partial charge in [0.25, 0.3) is 5.91 Å². The van der Waals surface area contributed by atoms with E-state index in [4.69, 9.17) is 4.42 Å².